The van der Waals surface area contributed by atoms with Crippen LogP contribution >= 0.6 is 11.6 Å². The summed E-state index contributed by atoms with van der Waals surface area (Å²) in [4.78, 5) is 50.1. The van der Waals surface area contributed by atoms with Crippen molar-refractivity contribution in [3.05, 3.63) is 112 Å². The van der Waals surface area contributed by atoms with E-state index in [1.54, 1.807) is 48.8 Å². The average Bonchev–Trinajstić information content (AvgIpc) is 3.52. The minimum Gasteiger partial charge on any atom is -1.00 e. The van der Waals surface area contributed by atoms with Crippen LogP contribution in [0.25, 0.3) is 23.8 Å². The van der Waals surface area contributed by atoms with Gasteiger partial charge in [0.25, 0.3) is 6.47 Å². The van der Waals surface area contributed by atoms with E-state index in [1.165, 1.54) is 70.8 Å². The monoisotopic (exact) mass is 1570 g/mol. The Hall–Kier alpha value is -2.61. The SMILES string of the molecule is C.CN1C(N(COCC[Si](C)(C)C)C(=O)OC(C)(C)C)=N[C@](C)(c2cc(/C=C(\F)c3cnc(Cl)cn3)ccc2F)CS1(=O)=O.COC[C@H](C)O.COC[C@H](C)Oc1cnc(/C(F)=C/c2ccc(F)c([C@]3(C)CS(=O)(=O)N(C)C(N)=N3)c2)cn1.O=CO[O-].[Cs+].[Cs+].[H-]. The zero-order valence-electron chi connectivity index (χ0n) is 53.2. The molecule has 4 heterocycles. The van der Waals surface area contributed by atoms with Crippen LogP contribution in [0.4, 0.5) is 22.4 Å². The van der Waals surface area contributed by atoms with Gasteiger partial charge in [0.2, 0.25) is 37.8 Å². The molecule has 2 aliphatic rings. The Balaban J connectivity index is 0. The van der Waals surface area contributed by atoms with Crippen molar-refractivity contribution in [2.45, 2.75) is 110 Å². The number of aliphatic hydroxyl groups excluding tert-OH is 1. The molecular formula is C55H79ClCs2F4N10O14S2Si. The van der Waals surface area contributed by atoms with E-state index < -0.39 is 85.7 Å². The summed E-state index contributed by atoms with van der Waals surface area (Å²) in [5.74, 6) is -4.37. The number of hydrogen-bond acceptors (Lipinski definition) is 21. The van der Waals surface area contributed by atoms with Gasteiger partial charge >= 0.3 is 144 Å². The Kier molecular flexibility index (Phi) is 37.5. The van der Waals surface area contributed by atoms with Crippen LogP contribution in [0.15, 0.2) is 71.2 Å². The first-order chi connectivity index (χ1) is 39.8. The van der Waals surface area contributed by atoms with Crippen molar-refractivity contribution >= 4 is 88.0 Å². The van der Waals surface area contributed by atoms with Crippen LogP contribution in [0.1, 0.15) is 91.0 Å². The first-order valence-corrected chi connectivity index (χ1v) is 33.3. The Labute approximate surface area is 644 Å². The molecule has 486 valence electrons. The van der Waals surface area contributed by atoms with Crippen LogP contribution in [0, 0.1) is 11.6 Å². The number of sulfonamides is 2. The molecule has 0 saturated carbocycles. The van der Waals surface area contributed by atoms with Gasteiger partial charge in [-0.05, 0) is 102 Å². The number of guanidine groups is 2. The fourth-order valence-electron chi connectivity index (χ4n) is 7.58. The molecule has 2 aliphatic heterocycles. The normalized spacial score (nSPS) is 18.4. The number of amides is 1. The largest absolute Gasteiger partial charge is 1.00 e. The molecule has 0 radical (unpaired) electrons. The predicted molar refractivity (Wildman–Crippen MR) is 324 cm³/mol. The average molecular weight is 1570 g/mol. The summed E-state index contributed by atoms with van der Waals surface area (Å²) in [5, 5.41) is 16.9. The third-order valence-corrected chi connectivity index (χ3v) is 17.6. The number of benzene rings is 2. The Morgan fingerprint density at radius 1 is 0.843 bits per heavy atom. The molecule has 0 aliphatic carbocycles. The summed E-state index contributed by atoms with van der Waals surface area (Å²) in [7, 11) is -3.75. The number of aliphatic imine (C=N–C) groups is 2. The number of hydrogen-bond donors (Lipinski definition) is 2. The van der Waals surface area contributed by atoms with Crippen LogP contribution in [0.2, 0.25) is 30.8 Å². The minimum absolute atomic E-state index is 0. The molecule has 3 N–H and O–H groups in total. The number of ether oxygens (including phenoxy) is 5. The number of halogens is 5. The summed E-state index contributed by atoms with van der Waals surface area (Å²) in [5.41, 5.74) is 1.87. The first kappa shape index (κ1) is 86.4. The molecule has 4 aromatic rings. The van der Waals surface area contributed by atoms with Crippen LogP contribution in [0.3, 0.4) is 0 Å². The number of aliphatic hydroxyl groups is 1. The summed E-state index contributed by atoms with van der Waals surface area (Å²) in [6.45, 7) is 18.5. The Morgan fingerprint density at radius 2 is 1.31 bits per heavy atom. The topological polar surface area (TPSA) is 313 Å². The number of nitrogens with zero attached hydrogens (tertiary/aromatic N) is 9. The smallest absolute Gasteiger partial charge is 1.00 e. The second-order valence-electron chi connectivity index (χ2n) is 21.9. The fourth-order valence-corrected chi connectivity index (χ4v) is 11.4. The van der Waals surface area contributed by atoms with Gasteiger partial charge in [0.15, 0.2) is 11.7 Å². The second-order valence-corrected chi connectivity index (χ2v) is 32.0. The zero-order valence-corrected chi connectivity index (χ0v) is 68.1. The van der Waals surface area contributed by atoms with Crippen molar-refractivity contribution in [3.8, 4) is 5.88 Å². The van der Waals surface area contributed by atoms with Crippen LogP contribution in [-0.4, -0.2) is 172 Å². The van der Waals surface area contributed by atoms with Crippen LogP contribution < -0.4 is 154 Å². The molecule has 0 saturated heterocycles. The molecule has 0 bridgehead atoms. The zero-order chi connectivity index (χ0) is 65.2. The van der Waals surface area contributed by atoms with Crippen molar-refractivity contribution in [2.75, 3.05) is 66.4 Å². The summed E-state index contributed by atoms with van der Waals surface area (Å²) < 4.78 is 140. The third kappa shape index (κ3) is 28.1. The van der Waals surface area contributed by atoms with E-state index >= 15 is 4.39 Å². The standard InChI is InChI=1S/C28H38ClF2N5O5SSi.C21H25F2N5O4S.C4H10O2.CH2O3.CH4.2Cs.H/c1-27(2,3)41-26(37)36(18-40-11-12-43(6,7)8)25-34-28(4,17-42(38,39)35(25)5)20-13-19(9-10-21(20)30)14-22(31)23-15-33-24(29)16-32-23;1-13(11-31-4)32-19-10-25-18(9-26-19)17(23)8-14-5-6-16(22)15(7-14)21(2)12-33(29,30)28(3)20(24)27-21;1-4(5)3-6-2;2-1-4-3;;;;/h9-10,13-16H,11-12,17-18H2,1-8H3;5-10,13H,11-12H2,1-4H3,(H2,24,27);4-5H,3H2,1-2H3;1,3H;1H4;;;/q;;;;;2*+1;-1/p-1/b22-14-;17-8-;;;;;;/t28-;13-,21-;4-;;;;;/m000...../s1. The second kappa shape index (κ2) is 38.7. The Bertz CT molecular complexity index is 3310. The first-order valence-electron chi connectivity index (χ1n) is 26.0. The third-order valence-electron chi connectivity index (χ3n) is 11.8. The molecule has 0 unspecified atom stereocenters. The van der Waals surface area contributed by atoms with Gasteiger partial charge in [0, 0.05) is 54.1 Å². The van der Waals surface area contributed by atoms with Crippen molar-refractivity contribution in [2.24, 2.45) is 15.7 Å². The van der Waals surface area contributed by atoms with Gasteiger partial charge in [-0.1, -0.05) is 50.8 Å². The molecule has 24 nitrogen and oxygen atoms in total. The van der Waals surface area contributed by atoms with E-state index in [4.69, 9.17) is 51.4 Å². The number of methoxy groups -OCH3 is 2. The molecule has 6 rings (SSSR count). The van der Waals surface area contributed by atoms with Gasteiger partial charge in [0.05, 0.1) is 55.6 Å². The minimum atomic E-state index is -4.12. The van der Waals surface area contributed by atoms with E-state index in [0.717, 1.165) is 50.0 Å². The van der Waals surface area contributed by atoms with Gasteiger partial charge in [-0.15, -0.1) is 0 Å². The van der Waals surface area contributed by atoms with Gasteiger partial charge in [0.1, 0.15) is 57.7 Å². The van der Waals surface area contributed by atoms with Crippen LogP contribution in [0.5, 0.6) is 5.88 Å². The molecule has 2 aromatic heterocycles. The Morgan fingerprint density at radius 3 is 1.71 bits per heavy atom. The predicted octanol–water partition coefficient (Wildman–Crippen LogP) is 1.64. The van der Waals surface area contributed by atoms with E-state index in [1.807, 2.05) is 0 Å². The quantitative estimate of drug-likeness (QED) is 0.0272. The maximum Gasteiger partial charge on any atom is 1.00 e. The van der Waals surface area contributed by atoms with E-state index in [9.17, 15) is 34.8 Å². The molecule has 4 atom stereocenters. The van der Waals surface area contributed by atoms with Crippen molar-refractivity contribution in [3.63, 3.8) is 0 Å². The number of nitrogens with two attached hydrogens (primary N) is 1. The molecule has 0 fully saturated rings. The van der Waals surface area contributed by atoms with Gasteiger partial charge < -0.3 is 46.1 Å². The maximum absolute atomic E-state index is 15.4. The number of carbonyl (C=O) groups excluding carboxylic acids is 2. The number of aromatic nitrogens is 4. The van der Waals surface area contributed by atoms with Gasteiger partial charge in [-0.3, -0.25) is 4.79 Å². The summed E-state index contributed by atoms with van der Waals surface area (Å²) in [6, 6.07) is 8.35. The number of rotatable bonds is 18. The molecule has 34 heteroatoms. The molecule has 89 heavy (non-hydrogen) atoms. The molecule has 0 spiro atoms. The van der Waals surface area contributed by atoms with Gasteiger partial charge in [-0.2, -0.15) is 0 Å². The number of carbonyl (C=O) groups is 2. The van der Waals surface area contributed by atoms with Crippen molar-refractivity contribution in [1.82, 2.24) is 33.4 Å². The van der Waals surface area contributed by atoms with Crippen molar-refractivity contribution < 1.29 is 222 Å². The molecule has 2 aromatic carbocycles. The molecular weight excluding hydrogens is 1490 g/mol. The van der Waals surface area contributed by atoms with E-state index in [-0.39, 0.29) is 229 Å². The van der Waals surface area contributed by atoms with Crippen molar-refractivity contribution in [1.29, 1.82) is 0 Å². The summed E-state index contributed by atoms with van der Waals surface area (Å²) in [6.07, 6.45) is 5.62. The van der Waals surface area contributed by atoms with Gasteiger partial charge in [-0.25, -0.2) is 82.6 Å². The van der Waals surface area contributed by atoms with E-state index in [0.29, 0.717) is 19.8 Å². The summed E-state index contributed by atoms with van der Waals surface area (Å²) >= 11 is 5.73. The maximum atomic E-state index is 15.4. The van der Waals surface area contributed by atoms with Crippen LogP contribution in [-0.2, 0) is 59.8 Å². The molecule has 1 amide bonds. The van der Waals surface area contributed by atoms with E-state index in [2.05, 4.69) is 59.2 Å². The fraction of sp³-hybridized carbons (Fsp3) is 0.491.